The molecule has 1 heterocycles. The van der Waals surface area contributed by atoms with Crippen molar-refractivity contribution >= 4 is 0 Å². The number of rotatable bonds is 6. The van der Waals surface area contributed by atoms with E-state index in [4.69, 9.17) is 14.2 Å². The number of methoxy groups -OCH3 is 1. The lowest BCUT2D eigenvalue weighted by atomic mass is 9.92. The van der Waals surface area contributed by atoms with Gasteiger partial charge in [-0.3, -0.25) is 0 Å². The van der Waals surface area contributed by atoms with Crippen LogP contribution < -0.4 is 19.5 Å². The Bertz CT molecular complexity index is 495. The second-order valence-corrected chi connectivity index (χ2v) is 6.15. The third kappa shape index (κ3) is 2.44. The maximum atomic E-state index is 5.45. The van der Waals surface area contributed by atoms with Crippen LogP contribution in [0.4, 0.5) is 0 Å². The SMILES string of the molecule is COc1cc(CNCC2(C(C)C)CC2)cc2c1OCO2. The lowest BCUT2D eigenvalue weighted by Crippen LogP contribution is -2.27. The third-order valence-corrected chi connectivity index (χ3v) is 4.64. The van der Waals surface area contributed by atoms with Gasteiger partial charge in [0.2, 0.25) is 12.5 Å². The summed E-state index contributed by atoms with van der Waals surface area (Å²) in [6.45, 7) is 6.83. The molecule has 110 valence electrons. The van der Waals surface area contributed by atoms with Gasteiger partial charge in [0, 0.05) is 13.1 Å². The highest BCUT2D eigenvalue weighted by Gasteiger charge is 2.44. The van der Waals surface area contributed by atoms with Crippen LogP contribution in [-0.4, -0.2) is 20.4 Å². The second kappa shape index (κ2) is 5.17. The van der Waals surface area contributed by atoms with Crippen LogP contribution in [0, 0.1) is 11.3 Å². The van der Waals surface area contributed by atoms with Crippen molar-refractivity contribution in [2.24, 2.45) is 11.3 Å². The van der Waals surface area contributed by atoms with Gasteiger partial charge in [-0.05, 0) is 41.9 Å². The van der Waals surface area contributed by atoms with Crippen LogP contribution in [0.15, 0.2) is 12.1 Å². The number of ether oxygens (including phenoxy) is 3. The highest BCUT2D eigenvalue weighted by atomic mass is 16.7. The van der Waals surface area contributed by atoms with E-state index in [9.17, 15) is 0 Å². The van der Waals surface area contributed by atoms with E-state index in [0.29, 0.717) is 5.41 Å². The van der Waals surface area contributed by atoms with Crippen molar-refractivity contribution in [3.8, 4) is 17.2 Å². The van der Waals surface area contributed by atoms with Crippen LogP contribution in [0.3, 0.4) is 0 Å². The maximum Gasteiger partial charge on any atom is 0.231 e. The van der Waals surface area contributed by atoms with Gasteiger partial charge in [-0.15, -0.1) is 0 Å². The molecule has 1 aliphatic carbocycles. The monoisotopic (exact) mass is 277 g/mol. The summed E-state index contributed by atoms with van der Waals surface area (Å²) in [6.07, 6.45) is 2.70. The lowest BCUT2D eigenvalue weighted by molar-refractivity contribution is 0.171. The Morgan fingerprint density at radius 1 is 1.30 bits per heavy atom. The van der Waals surface area contributed by atoms with Gasteiger partial charge in [0.1, 0.15) is 0 Å². The zero-order valence-corrected chi connectivity index (χ0v) is 12.5. The Kier molecular flexibility index (Phi) is 3.50. The topological polar surface area (TPSA) is 39.7 Å². The molecule has 4 heteroatoms. The van der Waals surface area contributed by atoms with Gasteiger partial charge in [0.05, 0.1) is 7.11 Å². The summed E-state index contributed by atoms with van der Waals surface area (Å²) in [6, 6.07) is 4.06. The van der Waals surface area contributed by atoms with E-state index in [1.165, 1.54) is 18.4 Å². The van der Waals surface area contributed by atoms with Gasteiger partial charge >= 0.3 is 0 Å². The van der Waals surface area contributed by atoms with Crippen molar-refractivity contribution in [2.75, 3.05) is 20.4 Å². The normalized spacial score (nSPS) is 18.4. The average Bonchev–Trinajstić information content (AvgIpc) is 3.08. The van der Waals surface area contributed by atoms with Gasteiger partial charge in [-0.25, -0.2) is 0 Å². The van der Waals surface area contributed by atoms with E-state index in [-0.39, 0.29) is 6.79 Å². The maximum absolute atomic E-state index is 5.45. The molecule has 2 aliphatic rings. The van der Waals surface area contributed by atoms with E-state index in [1.54, 1.807) is 7.11 Å². The Balaban J connectivity index is 1.63. The molecule has 1 fully saturated rings. The van der Waals surface area contributed by atoms with Gasteiger partial charge < -0.3 is 19.5 Å². The molecule has 0 radical (unpaired) electrons. The quantitative estimate of drug-likeness (QED) is 0.868. The molecule has 4 nitrogen and oxygen atoms in total. The van der Waals surface area contributed by atoms with Crippen LogP contribution in [0.25, 0.3) is 0 Å². The zero-order valence-electron chi connectivity index (χ0n) is 12.5. The highest BCUT2D eigenvalue weighted by molar-refractivity contribution is 5.55. The first kappa shape index (κ1) is 13.6. The van der Waals surface area contributed by atoms with Crippen molar-refractivity contribution in [3.63, 3.8) is 0 Å². The number of fused-ring (bicyclic) bond motifs is 1. The number of hydrogen-bond donors (Lipinski definition) is 1. The predicted molar refractivity (Wildman–Crippen MR) is 77.3 cm³/mol. The molecule has 1 aromatic carbocycles. The molecule has 0 amide bonds. The predicted octanol–water partition coefficient (Wildman–Crippen LogP) is 2.95. The molecule has 3 rings (SSSR count). The van der Waals surface area contributed by atoms with Crippen molar-refractivity contribution in [3.05, 3.63) is 17.7 Å². The lowest BCUT2D eigenvalue weighted by Gasteiger charge is -2.20. The molecule has 0 aromatic heterocycles. The molecule has 1 aromatic rings. The van der Waals surface area contributed by atoms with Crippen molar-refractivity contribution in [1.29, 1.82) is 0 Å². The van der Waals surface area contributed by atoms with Crippen LogP contribution in [0.2, 0.25) is 0 Å². The summed E-state index contributed by atoms with van der Waals surface area (Å²) < 4.78 is 16.2. The first-order chi connectivity index (χ1) is 9.64. The number of hydrogen-bond acceptors (Lipinski definition) is 4. The van der Waals surface area contributed by atoms with Gasteiger partial charge in [-0.2, -0.15) is 0 Å². The fraction of sp³-hybridized carbons (Fsp3) is 0.625. The largest absolute Gasteiger partial charge is 0.493 e. The molecule has 1 saturated carbocycles. The van der Waals surface area contributed by atoms with Crippen molar-refractivity contribution in [2.45, 2.75) is 33.2 Å². The van der Waals surface area contributed by atoms with E-state index < -0.39 is 0 Å². The standard InChI is InChI=1S/C16H23NO3/c1-11(2)16(4-5-16)9-17-8-12-6-13(18-3)15-14(7-12)19-10-20-15/h6-7,11,17H,4-5,8-10H2,1-3H3. The highest BCUT2D eigenvalue weighted by Crippen LogP contribution is 2.51. The van der Waals surface area contributed by atoms with Crippen LogP contribution in [0.5, 0.6) is 17.2 Å². The van der Waals surface area contributed by atoms with E-state index in [1.807, 2.05) is 12.1 Å². The summed E-state index contributed by atoms with van der Waals surface area (Å²) in [5, 5.41) is 3.58. The molecular weight excluding hydrogens is 254 g/mol. The smallest absolute Gasteiger partial charge is 0.231 e. The Labute approximate surface area is 120 Å². The van der Waals surface area contributed by atoms with E-state index in [2.05, 4.69) is 19.2 Å². The fourth-order valence-electron chi connectivity index (χ4n) is 2.86. The van der Waals surface area contributed by atoms with Gasteiger partial charge in [-0.1, -0.05) is 13.8 Å². The molecule has 0 saturated heterocycles. The second-order valence-electron chi connectivity index (χ2n) is 6.15. The van der Waals surface area contributed by atoms with Crippen molar-refractivity contribution < 1.29 is 14.2 Å². The van der Waals surface area contributed by atoms with Crippen LogP contribution in [0.1, 0.15) is 32.3 Å². The van der Waals surface area contributed by atoms with Gasteiger partial charge in [0.15, 0.2) is 11.5 Å². The first-order valence-corrected chi connectivity index (χ1v) is 7.32. The molecule has 20 heavy (non-hydrogen) atoms. The molecule has 1 aliphatic heterocycles. The summed E-state index contributed by atoms with van der Waals surface area (Å²) in [4.78, 5) is 0. The fourth-order valence-corrected chi connectivity index (χ4v) is 2.86. The van der Waals surface area contributed by atoms with Crippen LogP contribution in [-0.2, 0) is 6.54 Å². The Morgan fingerprint density at radius 2 is 2.10 bits per heavy atom. The minimum atomic E-state index is 0.277. The molecule has 0 bridgehead atoms. The summed E-state index contributed by atoms with van der Waals surface area (Å²) >= 11 is 0. The summed E-state index contributed by atoms with van der Waals surface area (Å²) in [5.41, 5.74) is 1.70. The number of benzene rings is 1. The Hall–Kier alpha value is -1.42. The molecule has 1 N–H and O–H groups in total. The zero-order chi connectivity index (χ0) is 14.2. The Morgan fingerprint density at radius 3 is 2.75 bits per heavy atom. The third-order valence-electron chi connectivity index (χ3n) is 4.64. The minimum Gasteiger partial charge on any atom is -0.493 e. The summed E-state index contributed by atoms with van der Waals surface area (Å²) in [5.74, 6) is 3.01. The molecule has 0 spiro atoms. The molecule has 0 atom stereocenters. The number of nitrogens with one attached hydrogen (secondary N) is 1. The molecular formula is C16H23NO3. The van der Waals surface area contributed by atoms with E-state index >= 15 is 0 Å². The van der Waals surface area contributed by atoms with Crippen LogP contribution >= 0.6 is 0 Å². The van der Waals surface area contributed by atoms with Gasteiger partial charge in [0.25, 0.3) is 0 Å². The average molecular weight is 277 g/mol. The summed E-state index contributed by atoms with van der Waals surface area (Å²) in [7, 11) is 1.66. The van der Waals surface area contributed by atoms with Crippen molar-refractivity contribution in [1.82, 2.24) is 5.32 Å². The first-order valence-electron chi connectivity index (χ1n) is 7.32. The molecule has 0 unspecified atom stereocenters. The van der Waals surface area contributed by atoms with E-state index in [0.717, 1.165) is 36.3 Å². The minimum absolute atomic E-state index is 0.277.